The first-order valence-corrected chi connectivity index (χ1v) is 7.16. The van der Waals surface area contributed by atoms with E-state index in [0.29, 0.717) is 25.6 Å². The first-order valence-electron chi connectivity index (χ1n) is 7.16. The molecule has 0 aliphatic carbocycles. The number of hydrogen-bond donors (Lipinski definition) is 3. The molecule has 1 aromatic rings. The van der Waals surface area contributed by atoms with Crippen LogP contribution in [0.3, 0.4) is 0 Å². The molecule has 1 fully saturated rings. The molecule has 1 unspecified atom stereocenters. The fourth-order valence-corrected chi connectivity index (χ4v) is 2.47. The number of aromatic nitrogens is 1. The molecule has 0 radical (unpaired) electrons. The molecule has 5 heteroatoms. The van der Waals surface area contributed by atoms with E-state index in [9.17, 15) is 5.11 Å². The highest BCUT2D eigenvalue weighted by molar-refractivity contribution is 5.06. The summed E-state index contributed by atoms with van der Waals surface area (Å²) >= 11 is 0. The molecule has 0 amide bonds. The van der Waals surface area contributed by atoms with Gasteiger partial charge in [0.05, 0.1) is 17.8 Å². The van der Waals surface area contributed by atoms with Gasteiger partial charge in [0, 0.05) is 19.2 Å². The van der Waals surface area contributed by atoms with E-state index in [1.54, 1.807) is 0 Å². The van der Waals surface area contributed by atoms with Crippen LogP contribution in [0.2, 0.25) is 0 Å². The maximum absolute atomic E-state index is 10.3. The van der Waals surface area contributed by atoms with E-state index in [1.807, 2.05) is 6.07 Å². The molecule has 0 bridgehead atoms. The van der Waals surface area contributed by atoms with Crippen LogP contribution in [0.15, 0.2) is 10.6 Å². The number of piperidine rings is 1. The monoisotopic (exact) mass is 267 g/mol. The summed E-state index contributed by atoms with van der Waals surface area (Å²) in [6, 6.07) is 2.00. The molecule has 0 aromatic carbocycles. The highest BCUT2D eigenvalue weighted by atomic mass is 16.5. The molecular weight excluding hydrogens is 242 g/mol. The number of nitrogens with one attached hydrogen (secondary N) is 2. The standard InChI is InChI=1S/C14H25N3O2/c1-11(2)6-12-7-13(19-17-12)8-16-10-14(18)4-3-5-15-9-14/h7,11,15-16,18H,3-6,8-10H2,1-2H3. The van der Waals surface area contributed by atoms with E-state index in [-0.39, 0.29) is 0 Å². The van der Waals surface area contributed by atoms with Gasteiger partial charge in [0.1, 0.15) is 0 Å². The van der Waals surface area contributed by atoms with E-state index in [1.165, 1.54) is 0 Å². The van der Waals surface area contributed by atoms with Crippen molar-refractivity contribution in [3.8, 4) is 0 Å². The molecule has 108 valence electrons. The Bertz CT molecular complexity index is 384. The topological polar surface area (TPSA) is 70.3 Å². The average molecular weight is 267 g/mol. The lowest BCUT2D eigenvalue weighted by Crippen LogP contribution is -2.51. The van der Waals surface area contributed by atoms with Crippen molar-refractivity contribution in [1.29, 1.82) is 0 Å². The van der Waals surface area contributed by atoms with E-state index < -0.39 is 5.60 Å². The van der Waals surface area contributed by atoms with Gasteiger partial charge in [-0.2, -0.15) is 0 Å². The van der Waals surface area contributed by atoms with Crippen LogP contribution in [0.25, 0.3) is 0 Å². The van der Waals surface area contributed by atoms with Crippen LogP contribution in [-0.4, -0.2) is 35.5 Å². The Morgan fingerprint density at radius 2 is 2.42 bits per heavy atom. The van der Waals surface area contributed by atoms with Gasteiger partial charge >= 0.3 is 0 Å². The Hall–Kier alpha value is -0.910. The van der Waals surface area contributed by atoms with Crippen molar-refractivity contribution in [2.75, 3.05) is 19.6 Å². The SMILES string of the molecule is CC(C)Cc1cc(CNCC2(O)CCCNC2)on1. The van der Waals surface area contributed by atoms with Crippen LogP contribution in [0.1, 0.15) is 38.1 Å². The van der Waals surface area contributed by atoms with Crippen LogP contribution >= 0.6 is 0 Å². The summed E-state index contributed by atoms with van der Waals surface area (Å²) < 4.78 is 5.28. The van der Waals surface area contributed by atoms with E-state index in [0.717, 1.165) is 37.3 Å². The largest absolute Gasteiger partial charge is 0.387 e. The molecular formula is C14H25N3O2. The van der Waals surface area contributed by atoms with Crippen molar-refractivity contribution in [3.05, 3.63) is 17.5 Å². The van der Waals surface area contributed by atoms with Gasteiger partial charge in [-0.15, -0.1) is 0 Å². The summed E-state index contributed by atoms with van der Waals surface area (Å²) in [5.41, 5.74) is 0.379. The van der Waals surface area contributed by atoms with Crippen molar-refractivity contribution in [1.82, 2.24) is 15.8 Å². The molecule has 1 saturated heterocycles. The van der Waals surface area contributed by atoms with Crippen LogP contribution in [-0.2, 0) is 13.0 Å². The second kappa shape index (κ2) is 6.50. The van der Waals surface area contributed by atoms with E-state index in [2.05, 4.69) is 29.6 Å². The van der Waals surface area contributed by atoms with Gasteiger partial charge in [-0.3, -0.25) is 0 Å². The summed E-state index contributed by atoms with van der Waals surface area (Å²) in [5.74, 6) is 1.42. The number of aliphatic hydroxyl groups is 1. The predicted octanol–water partition coefficient (Wildman–Crippen LogP) is 1.08. The minimum Gasteiger partial charge on any atom is -0.387 e. The van der Waals surface area contributed by atoms with E-state index in [4.69, 9.17) is 4.52 Å². The summed E-state index contributed by atoms with van der Waals surface area (Å²) in [6.45, 7) is 7.20. The first kappa shape index (κ1) is 14.5. The predicted molar refractivity (Wildman–Crippen MR) is 73.8 cm³/mol. The van der Waals surface area contributed by atoms with E-state index >= 15 is 0 Å². The second-order valence-electron chi connectivity index (χ2n) is 5.99. The lowest BCUT2D eigenvalue weighted by Gasteiger charge is -2.32. The van der Waals surface area contributed by atoms with Gasteiger partial charge < -0.3 is 20.3 Å². The Labute approximate surface area is 114 Å². The number of rotatable bonds is 6. The number of hydrogen-bond acceptors (Lipinski definition) is 5. The zero-order valence-corrected chi connectivity index (χ0v) is 11.9. The maximum atomic E-state index is 10.3. The van der Waals surface area contributed by atoms with Crippen molar-refractivity contribution in [3.63, 3.8) is 0 Å². The molecule has 2 rings (SSSR count). The Morgan fingerprint density at radius 3 is 3.11 bits per heavy atom. The molecule has 5 nitrogen and oxygen atoms in total. The van der Waals surface area contributed by atoms with Gasteiger partial charge in [-0.05, 0) is 31.7 Å². The fraction of sp³-hybridized carbons (Fsp3) is 0.786. The van der Waals surface area contributed by atoms with Crippen LogP contribution in [0.5, 0.6) is 0 Å². The quantitative estimate of drug-likeness (QED) is 0.719. The summed E-state index contributed by atoms with van der Waals surface area (Å²) in [5, 5.41) is 20.8. The summed E-state index contributed by atoms with van der Waals surface area (Å²) in [4.78, 5) is 0. The molecule has 1 aromatic heterocycles. The van der Waals surface area contributed by atoms with Gasteiger partial charge in [0.2, 0.25) is 0 Å². The maximum Gasteiger partial charge on any atom is 0.150 e. The molecule has 2 heterocycles. The van der Waals surface area contributed by atoms with Gasteiger partial charge in [-0.25, -0.2) is 0 Å². The molecule has 0 spiro atoms. The van der Waals surface area contributed by atoms with Crippen LogP contribution in [0, 0.1) is 5.92 Å². The minimum atomic E-state index is -0.626. The van der Waals surface area contributed by atoms with Crippen LogP contribution < -0.4 is 10.6 Å². The Kier molecular flexibility index (Phi) is 4.96. The van der Waals surface area contributed by atoms with Crippen molar-refractivity contribution in [2.45, 2.75) is 45.3 Å². The molecule has 1 atom stereocenters. The summed E-state index contributed by atoms with van der Waals surface area (Å²) in [7, 11) is 0. The van der Waals surface area contributed by atoms with Crippen molar-refractivity contribution >= 4 is 0 Å². The third-order valence-corrected chi connectivity index (χ3v) is 3.43. The third-order valence-electron chi connectivity index (χ3n) is 3.43. The molecule has 19 heavy (non-hydrogen) atoms. The normalized spacial score (nSPS) is 24.0. The summed E-state index contributed by atoms with van der Waals surface area (Å²) in [6.07, 6.45) is 2.82. The molecule has 3 N–H and O–H groups in total. The highest BCUT2D eigenvalue weighted by Crippen LogP contribution is 2.15. The Morgan fingerprint density at radius 1 is 1.58 bits per heavy atom. The lowest BCUT2D eigenvalue weighted by molar-refractivity contribution is 0.0165. The zero-order valence-electron chi connectivity index (χ0n) is 11.9. The third kappa shape index (κ3) is 4.60. The number of β-amino-alcohol motifs (C(OH)–C–C–N with tert-alkyl or cyclic N) is 1. The first-order chi connectivity index (χ1) is 9.07. The van der Waals surface area contributed by atoms with Crippen molar-refractivity contribution in [2.24, 2.45) is 5.92 Å². The minimum absolute atomic E-state index is 0.583. The van der Waals surface area contributed by atoms with Crippen molar-refractivity contribution < 1.29 is 9.63 Å². The number of nitrogens with zero attached hydrogens (tertiary/aromatic N) is 1. The van der Waals surface area contributed by atoms with Crippen LogP contribution in [0.4, 0.5) is 0 Å². The second-order valence-corrected chi connectivity index (χ2v) is 5.99. The smallest absolute Gasteiger partial charge is 0.150 e. The molecule has 0 saturated carbocycles. The fourth-order valence-electron chi connectivity index (χ4n) is 2.47. The average Bonchev–Trinajstić information content (AvgIpc) is 2.76. The lowest BCUT2D eigenvalue weighted by atomic mass is 9.94. The van der Waals surface area contributed by atoms with Gasteiger partial charge in [0.15, 0.2) is 5.76 Å². The van der Waals surface area contributed by atoms with Gasteiger partial charge in [-0.1, -0.05) is 19.0 Å². The van der Waals surface area contributed by atoms with Gasteiger partial charge in [0.25, 0.3) is 0 Å². The highest BCUT2D eigenvalue weighted by Gasteiger charge is 2.28. The molecule has 1 aliphatic heterocycles. The zero-order chi connectivity index (χ0) is 13.7. The molecule has 1 aliphatic rings. The Balaban J connectivity index is 1.74.